The molecule has 3 aliphatic heterocycles. The third-order valence-electron chi connectivity index (χ3n) is 6.10. The summed E-state index contributed by atoms with van der Waals surface area (Å²) < 4.78 is 11.0. The summed E-state index contributed by atoms with van der Waals surface area (Å²) in [5, 5.41) is 4.50. The number of methoxy groups -OCH3 is 1. The molecule has 158 valence electrons. The van der Waals surface area contributed by atoms with Crippen molar-refractivity contribution < 1.29 is 9.47 Å². The van der Waals surface area contributed by atoms with Gasteiger partial charge in [-0.25, -0.2) is 4.98 Å². The minimum atomic E-state index is 0.292. The largest absolute Gasteiger partial charge is 0.495 e. The van der Waals surface area contributed by atoms with E-state index in [4.69, 9.17) is 19.4 Å². The summed E-state index contributed by atoms with van der Waals surface area (Å²) in [6.45, 7) is 6.54. The zero-order valence-electron chi connectivity index (χ0n) is 17.6. The second kappa shape index (κ2) is 8.66. The molecule has 0 saturated carbocycles. The number of anilines is 2. The number of aromatic nitrogens is 2. The Morgan fingerprint density at radius 2 is 1.87 bits per heavy atom. The van der Waals surface area contributed by atoms with Gasteiger partial charge in [0.25, 0.3) is 0 Å². The SMILES string of the molecule is COc1cc2c(NC3COC3)nc(N3CCCC3)nc2cc1C#CCN1CCCC1. The van der Waals surface area contributed by atoms with Crippen LogP contribution in [0.15, 0.2) is 12.1 Å². The summed E-state index contributed by atoms with van der Waals surface area (Å²) in [5.41, 5.74) is 1.79. The monoisotopic (exact) mass is 407 g/mol. The first-order chi connectivity index (χ1) is 14.8. The van der Waals surface area contributed by atoms with Crippen molar-refractivity contribution in [1.29, 1.82) is 0 Å². The molecule has 1 aromatic carbocycles. The van der Waals surface area contributed by atoms with Crippen molar-refractivity contribution in [3.05, 3.63) is 17.7 Å². The highest BCUT2D eigenvalue weighted by Crippen LogP contribution is 2.32. The number of ether oxygens (including phenoxy) is 2. The lowest BCUT2D eigenvalue weighted by Gasteiger charge is -2.28. The van der Waals surface area contributed by atoms with Gasteiger partial charge in [0.1, 0.15) is 11.6 Å². The van der Waals surface area contributed by atoms with Crippen LogP contribution in [0.5, 0.6) is 5.75 Å². The first-order valence-electron chi connectivity index (χ1n) is 11.0. The highest BCUT2D eigenvalue weighted by Gasteiger charge is 2.23. The van der Waals surface area contributed by atoms with Gasteiger partial charge in [-0.3, -0.25) is 4.90 Å². The van der Waals surface area contributed by atoms with Crippen LogP contribution in [0.3, 0.4) is 0 Å². The summed E-state index contributed by atoms with van der Waals surface area (Å²) in [5.74, 6) is 9.06. The Labute approximate surface area is 177 Å². The molecular weight excluding hydrogens is 378 g/mol. The summed E-state index contributed by atoms with van der Waals surface area (Å²) in [6.07, 6.45) is 4.94. The van der Waals surface area contributed by atoms with Crippen molar-refractivity contribution in [1.82, 2.24) is 14.9 Å². The van der Waals surface area contributed by atoms with Crippen molar-refractivity contribution >= 4 is 22.7 Å². The van der Waals surface area contributed by atoms with Gasteiger partial charge in [0, 0.05) is 18.5 Å². The molecule has 3 aliphatic rings. The maximum atomic E-state index is 5.67. The van der Waals surface area contributed by atoms with E-state index in [2.05, 4.69) is 33.0 Å². The highest BCUT2D eigenvalue weighted by atomic mass is 16.5. The molecule has 0 unspecified atom stereocenters. The number of benzene rings is 1. The van der Waals surface area contributed by atoms with E-state index in [0.29, 0.717) is 19.3 Å². The van der Waals surface area contributed by atoms with Crippen molar-refractivity contribution in [3.63, 3.8) is 0 Å². The van der Waals surface area contributed by atoms with Gasteiger partial charge in [-0.1, -0.05) is 11.8 Å². The van der Waals surface area contributed by atoms with E-state index in [1.54, 1.807) is 7.11 Å². The van der Waals surface area contributed by atoms with E-state index < -0.39 is 0 Å². The molecule has 1 N–H and O–H groups in total. The van der Waals surface area contributed by atoms with Crippen LogP contribution in [0.25, 0.3) is 10.9 Å². The summed E-state index contributed by atoms with van der Waals surface area (Å²) >= 11 is 0. The maximum Gasteiger partial charge on any atom is 0.227 e. The Balaban J connectivity index is 1.51. The molecule has 7 heteroatoms. The number of nitrogens with zero attached hydrogens (tertiary/aromatic N) is 4. The molecule has 1 aromatic heterocycles. The van der Waals surface area contributed by atoms with Gasteiger partial charge in [-0.15, -0.1) is 0 Å². The Kier molecular flexibility index (Phi) is 5.60. The number of rotatable bonds is 5. The second-order valence-electron chi connectivity index (χ2n) is 8.30. The van der Waals surface area contributed by atoms with Gasteiger partial charge >= 0.3 is 0 Å². The Morgan fingerprint density at radius 1 is 1.10 bits per heavy atom. The average molecular weight is 408 g/mol. The molecule has 7 nitrogen and oxygen atoms in total. The molecule has 0 atom stereocenters. The standard InChI is InChI=1S/C23H29N5O2/c1-29-21-14-19-20(13-17(21)7-6-10-27-8-2-3-9-27)25-23(28-11-4-5-12-28)26-22(19)24-18-15-30-16-18/h13-14,18H,2-5,8-12,15-16H2,1H3,(H,24,25,26). The second-order valence-corrected chi connectivity index (χ2v) is 8.30. The van der Waals surface area contributed by atoms with Crippen LogP contribution in [0.4, 0.5) is 11.8 Å². The van der Waals surface area contributed by atoms with E-state index in [9.17, 15) is 0 Å². The van der Waals surface area contributed by atoms with Crippen LogP contribution in [-0.2, 0) is 4.74 Å². The maximum absolute atomic E-state index is 5.67. The number of hydrogen-bond donors (Lipinski definition) is 1. The lowest BCUT2D eigenvalue weighted by atomic mass is 10.1. The van der Waals surface area contributed by atoms with Crippen LogP contribution in [0.2, 0.25) is 0 Å². The predicted octanol–water partition coefficient (Wildman–Crippen LogP) is 2.50. The Bertz CT molecular complexity index is 967. The third kappa shape index (κ3) is 4.03. The van der Waals surface area contributed by atoms with Gasteiger partial charge in [-0.05, 0) is 50.9 Å². The quantitative estimate of drug-likeness (QED) is 0.764. The van der Waals surface area contributed by atoms with E-state index in [1.807, 2.05) is 6.07 Å². The zero-order chi connectivity index (χ0) is 20.3. The molecule has 0 amide bonds. The van der Waals surface area contributed by atoms with E-state index in [0.717, 1.165) is 66.7 Å². The summed E-state index contributed by atoms with van der Waals surface area (Å²) in [7, 11) is 1.69. The van der Waals surface area contributed by atoms with Gasteiger partial charge in [0.05, 0.1) is 44.0 Å². The number of nitrogens with one attached hydrogen (secondary N) is 1. The molecular formula is C23H29N5O2. The average Bonchev–Trinajstić information content (AvgIpc) is 3.44. The molecule has 0 aliphatic carbocycles. The van der Waals surface area contributed by atoms with Crippen molar-refractivity contribution in [2.45, 2.75) is 31.7 Å². The van der Waals surface area contributed by atoms with Gasteiger partial charge < -0.3 is 19.7 Å². The van der Waals surface area contributed by atoms with Crippen LogP contribution < -0.4 is 15.0 Å². The summed E-state index contributed by atoms with van der Waals surface area (Å²) in [4.78, 5) is 14.4. The van der Waals surface area contributed by atoms with Gasteiger partial charge in [0.15, 0.2) is 0 Å². The predicted molar refractivity (Wildman–Crippen MR) is 118 cm³/mol. The van der Waals surface area contributed by atoms with Crippen LogP contribution in [0, 0.1) is 11.8 Å². The minimum Gasteiger partial charge on any atom is -0.495 e. The lowest BCUT2D eigenvalue weighted by molar-refractivity contribution is 0.0210. The third-order valence-corrected chi connectivity index (χ3v) is 6.10. The van der Waals surface area contributed by atoms with Gasteiger partial charge in [0.2, 0.25) is 5.95 Å². The highest BCUT2D eigenvalue weighted by molar-refractivity contribution is 5.93. The fraction of sp³-hybridized carbons (Fsp3) is 0.565. The number of hydrogen-bond acceptors (Lipinski definition) is 7. The molecule has 30 heavy (non-hydrogen) atoms. The first kappa shape index (κ1) is 19.4. The fourth-order valence-electron chi connectivity index (χ4n) is 4.28. The number of likely N-dealkylation sites (tertiary alicyclic amines) is 1. The van der Waals surface area contributed by atoms with Crippen LogP contribution >= 0.6 is 0 Å². The normalized spacial score (nSPS) is 19.6. The molecule has 3 fully saturated rings. The van der Waals surface area contributed by atoms with Gasteiger partial charge in [-0.2, -0.15) is 4.98 Å². The molecule has 0 radical (unpaired) electrons. The fourth-order valence-corrected chi connectivity index (χ4v) is 4.28. The van der Waals surface area contributed by atoms with E-state index >= 15 is 0 Å². The molecule has 2 aromatic rings. The smallest absolute Gasteiger partial charge is 0.227 e. The Hall–Kier alpha value is -2.56. The van der Waals surface area contributed by atoms with Crippen molar-refractivity contribution in [2.75, 3.05) is 63.3 Å². The van der Waals surface area contributed by atoms with E-state index in [1.165, 1.54) is 25.7 Å². The van der Waals surface area contributed by atoms with Crippen molar-refractivity contribution in [3.8, 4) is 17.6 Å². The molecule has 0 bridgehead atoms. The van der Waals surface area contributed by atoms with Crippen molar-refractivity contribution in [2.24, 2.45) is 0 Å². The van der Waals surface area contributed by atoms with Crippen LogP contribution in [0.1, 0.15) is 31.2 Å². The number of fused-ring (bicyclic) bond motifs is 1. The zero-order valence-corrected chi connectivity index (χ0v) is 17.6. The minimum absolute atomic E-state index is 0.292. The van der Waals surface area contributed by atoms with Crippen LogP contribution in [-0.4, -0.2) is 74.0 Å². The Morgan fingerprint density at radius 3 is 2.57 bits per heavy atom. The molecule has 4 heterocycles. The molecule has 3 saturated heterocycles. The lowest BCUT2D eigenvalue weighted by Crippen LogP contribution is -2.40. The van der Waals surface area contributed by atoms with E-state index in [-0.39, 0.29) is 0 Å². The molecule has 5 rings (SSSR count). The topological polar surface area (TPSA) is 62.8 Å². The first-order valence-corrected chi connectivity index (χ1v) is 11.0. The molecule has 0 spiro atoms. The summed E-state index contributed by atoms with van der Waals surface area (Å²) in [6, 6.07) is 4.36.